The van der Waals surface area contributed by atoms with Crippen LogP contribution >= 0.6 is 0 Å². The maximum Gasteiger partial charge on any atom is 0.393 e. The molecule has 3 saturated heterocycles. The van der Waals surface area contributed by atoms with Crippen LogP contribution in [0, 0.1) is 5.92 Å². The Balaban J connectivity index is 1.19. The molecule has 216 valence electrons. The Kier molecular flexibility index (Phi) is 6.87. The number of amides is 3. The van der Waals surface area contributed by atoms with Crippen molar-refractivity contribution in [3.05, 3.63) is 60.3 Å². The van der Waals surface area contributed by atoms with Crippen molar-refractivity contribution in [2.75, 3.05) is 44.3 Å². The van der Waals surface area contributed by atoms with Gasteiger partial charge < -0.3 is 19.6 Å². The number of nitrogens with one attached hydrogen (secondary N) is 1. The summed E-state index contributed by atoms with van der Waals surface area (Å²) in [6.07, 6.45) is -1.68. The minimum Gasteiger partial charge on any atom is -0.341 e. The second kappa shape index (κ2) is 10.4. The number of fused-ring (bicyclic) bond motifs is 1. The highest BCUT2D eigenvalue weighted by atomic mass is 19.4. The molecule has 9 nitrogen and oxygen atoms in total. The number of nitrogens with zero attached hydrogens (tertiary/aromatic N) is 5. The molecule has 0 saturated carbocycles. The fourth-order valence-corrected chi connectivity index (χ4v) is 6.39. The number of hydrogen-bond donors (Lipinski definition) is 1. The number of alkyl halides is 3. The lowest BCUT2D eigenvalue weighted by molar-refractivity contribution is -0.188. The molecule has 1 atom stereocenters. The number of hydrogen-bond acceptors (Lipinski definition) is 5. The van der Waals surface area contributed by atoms with E-state index in [1.165, 1.54) is 9.80 Å². The van der Waals surface area contributed by atoms with Gasteiger partial charge in [-0.25, -0.2) is 0 Å². The van der Waals surface area contributed by atoms with Gasteiger partial charge in [-0.15, -0.1) is 0 Å². The van der Waals surface area contributed by atoms with E-state index in [0.29, 0.717) is 31.5 Å². The van der Waals surface area contributed by atoms with Gasteiger partial charge in [0, 0.05) is 42.8 Å². The van der Waals surface area contributed by atoms with Gasteiger partial charge in [0.1, 0.15) is 12.1 Å². The fourth-order valence-electron chi connectivity index (χ4n) is 6.39. The lowest BCUT2D eigenvalue weighted by Gasteiger charge is -2.43. The maximum absolute atomic E-state index is 14.0. The summed E-state index contributed by atoms with van der Waals surface area (Å²) < 4.78 is 40.0. The number of aromatic amines is 1. The van der Waals surface area contributed by atoms with Crippen LogP contribution in [0.3, 0.4) is 0 Å². The third-order valence-corrected chi connectivity index (χ3v) is 8.71. The predicted octanol–water partition coefficient (Wildman–Crippen LogP) is 3.64. The highest BCUT2D eigenvalue weighted by Crippen LogP contribution is 2.40. The van der Waals surface area contributed by atoms with Crippen LogP contribution in [0.1, 0.15) is 36.0 Å². The molecule has 1 spiro atoms. The molecule has 0 aliphatic carbocycles. The topological polar surface area (TPSA) is 92.9 Å². The van der Waals surface area contributed by atoms with E-state index in [4.69, 9.17) is 0 Å². The highest BCUT2D eigenvalue weighted by Gasteiger charge is 2.54. The van der Waals surface area contributed by atoms with Gasteiger partial charge in [-0.3, -0.25) is 19.5 Å². The lowest BCUT2D eigenvalue weighted by atomic mass is 9.85. The zero-order valence-corrected chi connectivity index (χ0v) is 22.4. The summed E-state index contributed by atoms with van der Waals surface area (Å²) in [5.41, 5.74) is 1.24. The number of rotatable bonds is 4. The molecule has 2 aromatic carbocycles. The second-order valence-electron chi connectivity index (χ2n) is 11.1. The number of halogens is 3. The molecule has 0 bridgehead atoms. The van der Waals surface area contributed by atoms with Gasteiger partial charge in [-0.1, -0.05) is 18.2 Å². The average molecular weight is 569 g/mol. The summed E-state index contributed by atoms with van der Waals surface area (Å²) in [6.45, 7) is 0.442. The SMILES string of the molecule is O=C(CN1CN(c2ccccc2)C2(CCN(C(=O)c3ccc4[nH]ncc4c3)CC2)C1=O)N1CCC[C@H](C(F)(F)F)C1. The molecule has 4 heterocycles. The monoisotopic (exact) mass is 568 g/mol. The van der Waals surface area contributed by atoms with Crippen molar-refractivity contribution < 1.29 is 27.6 Å². The third-order valence-electron chi connectivity index (χ3n) is 8.71. The van der Waals surface area contributed by atoms with Crippen molar-refractivity contribution in [1.82, 2.24) is 24.9 Å². The fraction of sp³-hybridized carbons (Fsp3) is 0.448. The van der Waals surface area contributed by atoms with Crippen molar-refractivity contribution in [1.29, 1.82) is 0 Å². The molecule has 41 heavy (non-hydrogen) atoms. The van der Waals surface area contributed by atoms with Gasteiger partial charge in [0.25, 0.3) is 11.8 Å². The minimum absolute atomic E-state index is 0.00593. The van der Waals surface area contributed by atoms with E-state index in [-0.39, 0.29) is 51.0 Å². The summed E-state index contributed by atoms with van der Waals surface area (Å²) in [5.74, 6) is -2.38. The van der Waals surface area contributed by atoms with Gasteiger partial charge in [-0.2, -0.15) is 18.3 Å². The van der Waals surface area contributed by atoms with Gasteiger partial charge in [0.05, 0.1) is 24.3 Å². The Morgan fingerprint density at radius 2 is 1.78 bits per heavy atom. The molecule has 0 radical (unpaired) electrons. The number of piperidine rings is 2. The van der Waals surface area contributed by atoms with E-state index in [9.17, 15) is 27.6 Å². The van der Waals surface area contributed by atoms with Crippen molar-refractivity contribution in [2.24, 2.45) is 5.92 Å². The van der Waals surface area contributed by atoms with E-state index in [2.05, 4.69) is 10.2 Å². The Labute approximate surface area is 234 Å². The molecule has 12 heteroatoms. The lowest BCUT2D eigenvalue weighted by Crippen LogP contribution is -2.57. The van der Waals surface area contributed by atoms with Crippen LogP contribution in [0.4, 0.5) is 18.9 Å². The molecular formula is C29H31F3N6O3. The first-order chi connectivity index (χ1) is 19.7. The molecule has 3 aliphatic rings. The first-order valence-corrected chi connectivity index (χ1v) is 13.8. The first kappa shape index (κ1) is 27.1. The van der Waals surface area contributed by atoms with E-state index in [1.54, 1.807) is 23.2 Å². The third kappa shape index (κ3) is 5.00. The molecular weight excluding hydrogens is 537 g/mol. The van der Waals surface area contributed by atoms with E-state index in [0.717, 1.165) is 16.6 Å². The number of H-pyrrole nitrogens is 1. The smallest absolute Gasteiger partial charge is 0.341 e. The van der Waals surface area contributed by atoms with E-state index in [1.807, 2.05) is 41.3 Å². The molecule has 0 unspecified atom stereocenters. The van der Waals surface area contributed by atoms with Crippen LogP contribution in [0.2, 0.25) is 0 Å². The Hall–Kier alpha value is -4.09. The zero-order chi connectivity index (χ0) is 28.8. The summed E-state index contributed by atoms with van der Waals surface area (Å²) in [5, 5.41) is 7.71. The summed E-state index contributed by atoms with van der Waals surface area (Å²) in [6, 6.07) is 14.8. The van der Waals surface area contributed by atoms with Gasteiger partial charge in [0.2, 0.25) is 5.91 Å². The molecule has 1 N–H and O–H groups in total. The number of aromatic nitrogens is 2. The minimum atomic E-state index is -4.35. The normalized spacial score (nSPS) is 21.2. The Bertz CT molecular complexity index is 1450. The first-order valence-electron chi connectivity index (χ1n) is 13.8. The zero-order valence-electron chi connectivity index (χ0n) is 22.4. The van der Waals surface area contributed by atoms with Gasteiger partial charge >= 0.3 is 6.18 Å². The standard InChI is InChI=1S/C29H31F3N6O3/c30-29(31,32)22-5-4-12-36(17-22)25(39)18-37-19-38(23-6-2-1-3-7-23)28(27(37)41)10-13-35(14-11-28)26(40)20-8-9-24-21(15-20)16-33-34-24/h1-3,6-9,15-16,22H,4-5,10-14,17-19H2,(H,33,34)/t22-/m0/s1. The summed E-state index contributed by atoms with van der Waals surface area (Å²) >= 11 is 0. The van der Waals surface area contributed by atoms with E-state index < -0.39 is 23.5 Å². The maximum atomic E-state index is 14.0. The highest BCUT2D eigenvalue weighted by molar-refractivity contribution is 5.99. The van der Waals surface area contributed by atoms with Crippen molar-refractivity contribution in [3.8, 4) is 0 Å². The van der Waals surface area contributed by atoms with Crippen LogP contribution in [0.5, 0.6) is 0 Å². The van der Waals surface area contributed by atoms with Crippen LogP contribution in [-0.2, 0) is 9.59 Å². The number of carbonyl (C=O) groups excluding carboxylic acids is 3. The van der Waals surface area contributed by atoms with E-state index >= 15 is 0 Å². The molecule has 6 rings (SSSR count). The van der Waals surface area contributed by atoms with Crippen molar-refractivity contribution in [3.63, 3.8) is 0 Å². The van der Waals surface area contributed by atoms with Crippen molar-refractivity contribution in [2.45, 2.75) is 37.4 Å². The van der Waals surface area contributed by atoms with Crippen LogP contribution < -0.4 is 4.90 Å². The Morgan fingerprint density at radius 3 is 2.51 bits per heavy atom. The molecule has 1 aromatic heterocycles. The number of para-hydroxylation sites is 1. The quantitative estimate of drug-likeness (QED) is 0.519. The molecule has 3 aromatic rings. The summed E-state index contributed by atoms with van der Waals surface area (Å²) in [4.78, 5) is 46.9. The predicted molar refractivity (Wildman–Crippen MR) is 145 cm³/mol. The van der Waals surface area contributed by atoms with Crippen molar-refractivity contribution >= 4 is 34.3 Å². The number of likely N-dealkylation sites (tertiary alicyclic amines) is 2. The number of benzene rings is 2. The number of anilines is 1. The van der Waals surface area contributed by atoms with Crippen LogP contribution in [-0.4, -0.2) is 93.7 Å². The van der Waals surface area contributed by atoms with Crippen LogP contribution in [0.15, 0.2) is 54.7 Å². The molecule has 3 fully saturated rings. The van der Waals surface area contributed by atoms with Gasteiger partial charge in [-0.05, 0) is 56.0 Å². The second-order valence-corrected chi connectivity index (χ2v) is 11.1. The van der Waals surface area contributed by atoms with Crippen LogP contribution in [0.25, 0.3) is 10.9 Å². The Morgan fingerprint density at radius 1 is 1.02 bits per heavy atom. The molecule has 3 aliphatic heterocycles. The molecule has 3 amide bonds. The average Bonchev–Trinajstić information content (AvgIpc) is 3.56. The number of carbonyl (C=O) groups is 3. The summed E-state index contributed by atoms with van der Waals surface area (Å²) in [7, 11) is 0. The largest absolute Gasteiger partial charge is 0.393 e. The van der Waals surface area contributed by atoms with Gasteiger partial charge in [0.15, 0.2) is 0 Å².